The number of halogens is 1. The highest BCUT2D eigenvalue weighted by Gasteiger charge is 1.87. The van der Waals surface area contributed by atoms with Gasteiger partial charge in [-0.25, -0.2) is 0 Å². The summed E-state index contributed by atoms with van der Waals surface area (Å²) in [5, 5.41) is 3.81. The van der Waals surface area contributed by atoms with E-state index in [1.807, 2.05) is 32.2 Å². The number of rotatable bonds is 5. The molecule has 0 aliphatic rings. The minimum atomic E-state index is 0.771. The van der Waals surface area contributed by atoms with E-state index in [1.165, 1.54) is 0 Å². The smallest absolute Gasteiger partial charge is 0.0360 e. The third kappa shape index (κ3) is 6.20. The van der Waals surface area contributed by atoms with E-state index in [0.717, 1.165) is 23.6 Å². The van der Waals surface area contributed by atoms with Crippen molar-refractivity contribution in [2.75, 3.05) is 13.6 Å². The van der Waals surface area contributed by atoms with Crippen LogP contribution in [0.4, 0.5) is 0 Å². The van der Waals surface area contributed by atoms with Crippen LogP contribution in [0.1, 0.15) is 13.3 Å². The van der Waals surface area contributed by atoms with Crippen LogP contribution < -0.4 is 5.32 Å². The maximum Gasteiger partial charge on any atom is 0.0360 e. The minimum absolute atomic E-state index is 0.771. The fraction of sp³-hybridized carbons (Fsp3) is 0.400. The number of hydrogen-bond donors (Lipinski definition) is 1. The van der Waals surface area contributed by atoms with Gasteiger partial charge in [0.2, 0.25) is 0 Å². The molecule has 0 rings (SSSR count). The number of allylic oxidation sites excluding steroid dienone is 4. The van der Waals surface area contributed by atoms with Crippen LogP contribution in [0.3, 0.4) is 0 Å². The standard InChI is InChI=1S/C10H16ClN/c1-4-10(11)7-5-6-9(2)8-12-3/h4-5,7,12H,2,6,8H2,1,3H3/b7-5-,10-4+. The molecule has 0 aliphatic carbocycles. The lowest BCUT2D eigenvalue weighted by atomic mass is 10.2. The SMILES string of the molecule is C=C(C/C=C\C(Cl)=C/C)CNC. The molecule has 0 heterocycles. The van der Waals surface area contributed by atoms with Gasteiger partial charge in [-0.3, -0.25) is 0 Å². The molecular formula is C10H16ClN. The summed E-state index contributed by atoms with van der Waals surface area (Å²) in [7, 11) is 1.91. The Balaban J connectivity index is 3.67. The van der Waals surface area contributed by atoms with Gasteiger partial charge in [-0.1, -0.05) is 35.9 Å². The summed E-state index contributed by atoms with van der Waals surface area (Å²) in [6, 6.07) is 0. The quantitative estimate of drug-likeness (QED) is 0.513. The Morgan fingerprint density at radius 1 is 1.58 bits per heavy atom. The zero-order chi connectivity index (χ0) is 9.40. The van der Waals surface area contributed by atoms with E-state index in [2.05, 4.69) is 11.9 Å². The summed E-state index contributed by atoms with van der Waals surface area (Å²) in [5.74, 6) is 0. The number of nitrogens with one attached hydrogen (secondary N) is 1. The zero-order valence-corrected chi connectivity index (χ0v) is 8.49. The van der Waals surface area contributed by atoms with E-state index < -0.39 is 0 Å². The van der Waals surface area contributed by atoms with Gasteiger partial charge in [-0.05, 0) is 26.5 Å². The normalized spacial score (nSPS) is 12.4. The van der Waals surface area contributed by atoms with Crippen molar-refractivity contribution in [1.82, 2.24) is 5.32 Å². The van der Waals surface area contributed by atoms with Gasteiger partial charge in [0.1, 0.15) is 0 Å². The van der Waals surface area contributed by atoms with Crippen LogP contribution in [0.15, 0.2) is 35.4 Å². The summed E-state index contributed by atoms with van der Waals surface area (Å²) in [6.45, 7) is 6.66. The molecule has 0 aromatic carbocycles. The third-order valence-corrected chi connectivity index (χ3v) is 1.73. The fourth-order valence-electron chi connectivity index (χ4n) is 0.757. The molecule has 0 radical (unpaired) electrons. The van der Waals surface area contributed by atoms with Gasteiger partial charge in [0.15, 0.2) is 0 Å². The average molecular weight is 186 g/mol. The van der Waals surface area contributed by atoms with Gasteiger partial charge in [0, 0.05) is 11.6 Å². The van der Waals surface area contributed by atoms with Gasteiger partial charge >= 0.3 is 0 Å². The summed E-state index contributed by atoms with van der Waals surface area (Å²) >= 11 is 5.75. The van der Waals surface area contributed by atoms with Crippen molar-refractivity contribution in [3.63, 3.8) is 0 Å². The molecule has 0 saturated carbocycles. The highest BCUT2D eigenvalue weighted by molar-refractivity contribution is 6.31. The van der Waals surface area contributed by atoms with Gasteiger partial charge in [-0.2, -0.15) is 0 Å². The first-order valence-corrected chi connectivity index (χ1v) is 4.38. The van der Waals surface area contributed by atoms with Crippen LogP contribution in [0.5, 0.6) is 0 Å². The van der Waals surface area contributed by atoms with E-state index in [9.17, 15) is 0 Å². The van der Waals surface area contributed by atoms with Crippen LogP contribution in [-0.2, 0) is 0 Å². The zero-order valence-electron chi connectivity index (χ0n) is 7.73. The molecule has 12 heavy (non-hydrogen) atoms. The Morgan fingerprint density at radius 2 is 2.25 bits per heavy atom. The van der Waals surface area contributed by atoms with Crippen LogP contribution >= 0.6 is 11.6 Å². The van der Waals surface area contributed by atoms with Crippen LogP contribution in [0.2, 0.25) is 0 Å². The molecule has 1 nitrogen and oxygen atoms in total. The van der Waals surface area contributed by atoms with Crippen LogP contribution in [0, 0.1) is 0 Å². The monoisotopic (exact) mass is 185 g/mol. The van der Waals surface area contributed by atoms with Crippen molar-refractivity contribution >= 4 is 11.6 Å². The third-order valence-electron chi connectivity index (χ3n) is 1.39. The van der Waals surface area contributed by atoms with E-state index in [0.29, 0.717) is 0 Å². The molecule has 0 saturated heterocycles. The van der Waals surface area contributed by atoms with Crippen molar-refractivity contribution in [3.8, 4) is 0 Å². The summed E-state index contributed by atoms with van der Waals surface area (Å²) in [5.41, 5.74) is 1.16. The molecule has 0 fully saturated rings. The highest BCUT2D eigenvalue weighted by atomic mass is 35.5. The second-order valence-electron chi connectivity index (χ2n) is 2.56. The van der Waals surface area contributed by atoms with Crippen molar-refractivity contribution in [3.05, 3.63) is 35.4 Å². The Labute approximate surface area is 79.8 Å². The summed E-state index contributed by atoms with van der Waals surface area (Å²) < 4.78 is 0. The van der Waals surface area contributed by atoms with Crippen molar-refractivity contribution < 1.29 is 0 Å². The first-order valence-electron chi connectivity index (χ1n) is 4.00. The molecule has 0 aliphatic heterocycles. The van der Waals surface area contributed by atoms with Crippen molar-refractivity contribution in [2.24, 2.45) is 0 Å². The predicted molar refractivity (Wildman–Crippen MR) is 56.4 cm³/mol. The first kappa shape index (κ1) is 11.5. The molecule has 0 spiro atoms. The number of likely N-dealkylation sites (N-methyl/N-ethyl adjacent to an activating group) is 1. The lowest BCUT2D eigenvalue weighted by Crippen LogP contribution is -2.08. The van der Waals surface area contributed by atoms with Gasteiger partial charge in [-0.15, -0.1) is 0 Å². The molecule has 1 N–H and O–H groups in total. The molecule has 0 atom stereocenters. The second-order valence-corrected chi connectivity index (χ2v) is 3.00. The summed E-state index contributed by atoms with van der Waals surface area (Å²) in [4.78, 5) is 0. The van der Waals surface area contributed by atoms with Crippen LogP contribution in [-0.4, -0.2) is 13.6 Å². The molecule has 2 heteroatoms. The largest absolute Gasteiger partial charge is 0.316 e. The molecular weight excluding hydrogens is 170 g/mol. The molecule has 0 amide bonds. The van der Waals surface area contributed by atoms with Crippen molar-refractivity contribution in [1.29, 1.82) is 0 Å². The minimum Gasteiger partial charge on any atom is -0.316 e. The maximum absolute atomic E-state index is 5.75. The predicted octanol–water partition coefficient (Wildman–Crippen LogP) is 2.85. The highest BCUT2D eigenvalue weighted by Crippen LogP contribution is 2.05. The summed E-state index contributed by atoms with van der Waals surface area (Å²) in [6.07, 6.45) is 6.65. The molecule has 68 valence electrons. The molecule has 0 aromatic rings. The van der Waals surface area contributed by atoms with Gasteiger partial charge in [0.05, 0.1) is 0 Å². The molecule has 0 unspecified atom stereocenters. The van der Waals surface area contributed by atoms with E-state index in [1.54, 1.807) is 0 Å². The Morgan fingerprint density at radius 3 is 2.75 bits per heavy atom. The molecule has 0 bridgehead atoms. The fourth-order valence-corrected chi connectivity index (χ4v) is 0.846. The molecule has 0 aromatic heterocycles. The Hall–Kier alpha value is -0.530. The Kier molecular flexibility index (Phi) is 6.82. The average Bonchev–Trinajstić information content (AvgIpc) is 2.04. The van der Waals surface area contributed by atoms with Crippen molar-refractivity contribution in [2.45, 2.75) is 13.3 Å². The maximum atomic E-state index is 5.75. The van der Waals surface area contributed by atoms with Gasteiger partial charge < -0.3 is 5.32 Å². The second kappa shape index (κ2) is 7.14. The number of hydrogen-bond acceptors (Lipinski definition) is 1. The van der Waals surface area contributed by atoms with E-state index in [4.69, 9.17) is 11.6 Å². The Bertz CT molecular complexity index is 192. The van der Waals surface area contributed by atoms with Crippen LogP contribution in [0.25, 0.3) is 0 Å². The topological polar surface area (TPSA) is 12.0 Å². The van der Waals surface area contributed by atoms with E-state index >= 15 is 0 Å². The lowest BCUT2D eigenvalue weighted by molar-refractivity contribution is 0.864. The van der Waals surface area contributed by atoms with Gasteiger partial charge in [0.25, 0.3) is 0 Å². The van der Waals surface area contributed by atoms with E-state index in [-0.39, 0.29) is 0 Å². The first-order chi connectivity index (χ1) is 5.70. The lowest BCUT2D eigenvalue weighted by Gasteiger charge is -1.98.